The van der Waals surface area contributed by atoms with E-state index in [4.69, 9.17) is 21.0 Å². The molecule has 1 aromatic rings. The second-order valence-electron chi connectivity index (χ2n) is 3.54. The zero-order valence-electron chi connectivity index (χ0n) is 8.73. The van der Waals surface area contributed by atoms with E-state index in [2.05, 4.69) is 0 Å². The maximum absolute atomic E-state index is 8.81. The summed E-state index contributed by atoms with van der Waals surface area (Å²) in [5.74, 6) is 0.892. The first-order valence-corrected chi connectivity index (χ1v) is 4.81. The molecular weight excluding hydrogens is 192 g/mol. The van der Waals surface area contributed by atoms with Crippen molar-refractivity contribution >= 4 is 5.84 Å². The Bertz CT molecular complexity index is 322. The summed E-state index contributed by atoms with van der Waals surface area (Å²) in [6.45, 7) is 2.51. The molecule has 4 heteroatoms. The third kappa shape index (κ3) is 3.59. The highest BCUT2D eigenvalue weighted by atomic mass is 16.5. The molecule has 0 aromatic heterocycles. The van der Waals surface area contributed by atoms with Gasteiger partial charge in [0.2, 0.25) is 0 Å². The van der Waals surface area contributed by atoms with Crippen molar-refractivity contribution in [2.24, 2.45) is 11.7 Å². The molecule has 82 valence electrons. The van der Waals surface area contributed by atoms with Gasteiger partial charge in [0.05, 0.1) is 6.61 Å². The largest absolute Gasteiger partial charge is 0.493 e. The van der Waals surface area contributed by atoms with Crippen molar-refractivity contribution in [1.82, 2.24) is 0 Å². The summed E-state index contributed by atoms with van der Waals surface area (Å²) in [5.41, 5.74) is 6.00. The summed E-state index contributed by atoms with van der Waals surface area (Å²) in [6.07, 6.45) is 0. The zero-order valence-corrected chi connectivity index (χ0v) is 8.73. The van der Waals surface area contributed by atoms with Gasteiger partial charge in [0.15, 0.2) is 0 Å². The van der Waals surface area contributed by atoms with Gasteiger partial charge in [-0.25, -0.2) is 0 Å². The Morgan fingerprint density at radius 2 is 2.07 bits per heavy atom. The van der Waals surface area contributed by atoms with Gasteiger partial charge in [0, 0.05) is 18.1 Å². The maximum Gasteiger partial charge on any atom is 0.122 e. The number of aliphatic hydroxyl groups is 1. The van der Waals surface area contributed by atoms with E-state index < -0.39 is 0 Å². The van der Waals surface area contributed by atoms with Crippen LogP contribution in [0, 0.1) is 11.3 Å². The van der Waals surface area contributed by atoms with E-state index in [0.717, 1.165) is 5.75 Å². The zero-order chi connectivity index (χ0) is 11.3. The number of aliphatic hydroxyl groups excluding tert-OH is 1. The monoisotopic (exact) mass is 208 g/mol. The van der Waals surface area contributed by atoms with Crippen molar-refractivity contribution in [3.63, 3.8) is 0 Å². The lowest BCUT2D eigenvalue weighted by atomic mass is 10.2. The highest BCUT2D eigenvalue weighted by molar-refractivity contribution is 5.94. The van der Waals surface area contributed by atoms with Crippen LogP contribution in [-0.2, 0) is 0 Å². The lowest BCUT2D eigenvalue weighted by molar-refractivity contribution is 0.174. The molecule has 0 amide bonds. The lowest BCUT2D eigenvalue weighted by Gasteiger charge is -2.10. The van der Waals surface area contributed by atoms with E-state index >= 15 is 0 Å². The van der Waals surface area contributed by atoms with Crippen molar-refractivity contribution in [2.45, 2.75) is 6.92 Å². The van der Waals surface area contributed by atoms with Gasteiger partial charge in [-0.1, -0.05) is 6.92 Å². The Morgan fingerprint density at radius 3 is 2.53 bits per heavy atom. The van der Waals surface area contributed by atoms with E-state index in [9.17, 15) is 0 Å². The van der Waals surface area contributed by atoms with E-state index in [0.29, 0.717) is 12.2 Å². The van der Waals surface area contributed by atoms with Gasteiger partial charge in [0.1, 0.15) is 11.6 Å². The minimum atomic E-state index is 0.0466. The van der Waals surface area contributed by atoms with Crippen LogP contribution in [0.1, 0.15) is 12.5 Å². The molecule has 0 aliphatic rings. The minimum Gasteiger partial charge on any atom is -0.493 e. The van der Waals surface area contributed by atoms with Crippen molar-refractivity contribution < 1.29 is 9.84 Å². The number of ether oxygens (including phenoxy) is 1. The SMILES string of the molecule is C[C@H](CO)COc1ccc(C(=N)N)cc1. The number of benzene rings is 1. The van der Waals surface area contributed by atoms with Crippen LogP contribution in [0.3, 0.4) is 0 Å². The van der Waals surface area contributed by atoms with Crippen LogP contribution >= 0.6 is 0 Å². The van der Waals surface area contributed by atoms with Gasteiger partial charge in [-0.3, -0.25) is 5.41 Å². The number of hydrogen-bond acceptors (Lipinski definition) is 3. The fourth-order valence-electron chi connectivity index (χ4n) is 1.02. The van der Waals surface area contributed by atoms with Crippen LogP contribution in [0.4, 0.5) is 0 Å². The molecule has 0 aliphatic heterocycles. The highest BCUT2D eigenvalue weighted by Gasteiger charge is 2.01. The van der Waals surface area contributed by atoms with Crippen molar-refractivity contribution in [1.29, 1.82) is 5.41 Å². The van der Waals surface area contributed by atoms with Gasteiger partial charge < -0.3 is 15.6 Å². The number of amidine groups is 1. The molecule has 1 rings (SSSR count). The summed E-state index contributed by atoms with van der Waals surface area (Å²) in [7, 11) is 0. The Hall–Kier alpha value is -1.55. The number of nitrogen functional groups attached to an aromatic ring is 1. The van der Waals surface area contributed by atoms with Crippen molar-refractivity contribution in [2.75, 3.05) is 13.2 Å². The normalized spacial score (nSPS) is 12.1. The standard InChI is InChI=1S/C11H16N2O2/c1-8(6-14)7-15-10-4-2-9(3-5-10)11(12)13/h2-5,8,14H,6-7H2,1H3,(H3,12,13)/t8-/m1/s1. The summed E-state index contributed by atoms with van der Waals surface area (Å²) in [5, 5.41) is 16.0. The Morgan fingerprint density at radius 1 is 1.47 bits per heavy atom. The molecule has 15 heavy (non-hydrogen) atoms. The molecule has 0 saturated carbocycles. The van der Waals surface area contributed by atoms with Gasteiger partial charge in [0.25, 0.3) is 0 Å². The first-order chi connectivity index (χ1) is 7.13. The Kier molecular flexibility index (Phi) is 4.12. The average Bonchev–Trinajstić information content (AvgIpc) is 2.26. The van der Waals surface area contributed by atoms with Crippen molar-refractivity contribution in [3.8, 4) is 5.75 Å². The first kappa shape index (κ1) is 11.5. The van der Waals surface area contributed by atoms with E-state index in [-0.39, 0.29) is 18.4 Å². The quantitative estimate of drug-likeness (QED) is 0.498. The fraction of sp³-hybridized carbons (Fsp3) is 0.364. The molecule has 4 nitrogen and oxygen atoms in total. The molecule has 0 unspecified atom stereocenters. The smallest absolute Gasteiger partial charge is 0.122 e. The van der Waals surface area contributed by atoms with Crippen LogP contribution in [-0.4, -0.2) is 24.2 Å². The number of hydrogen-bond donors (Lipinski definition) is 3. The molecule has 0 saturated heterocycles. The van der Waals surface area contributed by atoms with Crippen LogP contribution in [0.2, 0.25) is 0 Å². The third-order valence-corrected chi connectivity index (χ3v) is 2.01. The molecule has 0 fully saturated rings. The summed E-state index contributed by atoms with van der Waals surface area (Å²) < 4.78 is 5.42. The molecule has 0 spiro atoms. The molecular formula is C11H16N2O2. The summed E-state index contributed by atoms with van der Waals surface area (Å²) >= 11 is 0. The fourth-order valence-corrected chi connectivity index (χ4v) is 1.02. The second-order valence-corrected chi connectivity index (χ2v) is 3.54. The first-order valence-electron chi connectivity index (χ1n) is 4.81. The van der Waals surface area contributed by atoms with Crippen LogP contribution in [0.15, 0.2) is 24.3 Å². The van der Waals surface area contributed by atoms with Gasteiger partial charge in [-0.2, -0.15) is 0 Å². The second kappa shape index (κ2) is 5.36. The van der Waals surface area contributed by atoms with Crippen LogP contribution in [0.25, 0.3) is 0 Å². The highest BCUT2D eigenvalue weighted by Crippen LogP contribution is 2.12. The molecule has 0 heterocycles. The average molecular weight is 208 g/mol. The van der Waals surface area contributed by atoms with Gasteiger partial charge in [-0.15, -0.1) is 0 Å². The van der Waals surface area contributed by atoms with E-state index in [1.807, 2.05) is 6.92 Å². The van der Waals surface area contributed by atoms with Crippen LogP contribution in [0.5, 0.6) is 5.75 Å². The van der Waals surface area contributed by atoms with Gasteiger partial charge >= 0.3 is 0 Å². The Labute approximate surface area is 89.2 Å². The molecule has 0 aliphatic carbocycles. The van der Waals surface area contributed by atoms with Gasteiger partial charge in [-0.05, 0) is 24.3 Å². The maximum atomic E-state index is 8.81. The molecule has 0 radical (unpaired) electrons. The third-order valence-electron chi connectivity index (χ3n) is 2.01. The minimum absolute atomic E-state index is 0.0466. The molecule has 4 N–H and O–H groups in total. The Balaban J connectivity index is 2.53. The molecule has 1 aromatic carbocycles. The molecule has 0 bridgehead atoms. The summed E-state index contributed by atoms with van der Waals surface area (Å²) in [6, 6.07) is 7.00. The van der Waals surface area contributed by atoms with E-state index in [1.165, 1.54) is 0 Å². The predicted molar refractivity (Wildman–Crippen MR) is 59.2 cm³/mol. The number of nitrogens with two attached hydrogens (primary N) is 1. The topological polar surface area (TPSA) is 79.3 Å². The predicted octanol–water partition coefficient (Wildman–Crippen LogP) is 0.978. The van der Waals surface area contributed by atoms with Crippen molar-refractivity contribution in [3.05, 3.63) is 29.8 Å². The number of rotatable bonds is 5. The van der Waals surface area contributed by atoms with E-state index in [1.54, 1.807) is 24.3 Å². The number of nitrogens with one attached hydrogen (secondary N) is 1. The molecule has 1 atom stereocenters. The lowest BCUT2D eigenvalue weighted by Crippen LogP contribution is -2.13. The summed E-state index contributed by atoms with van der Waals surface area (Å²) in [4.78, 5) is 0. The van der Waals surface area contributed by atoms with Crippen LogP contribution < -0.4 is 10.5 Å².